The molecule has 3 nitrogen and oxygen atoms in total. The number of aryl methyl sites for hydroxylation is 1. The van der Waals surface area contributed by atoms with Crippen LogP contribution in [0.5, 0.6) is 0 Å². The van der Waals surface area contributed by atoms with Crippen molar-refractivity contribution in [3.63, 3.8) is 0 Å². The summed E-state index contributed by atoms with van der Waals surface area (Å²) in [5.74, 6) is 0. The molecule has 1 N–H and O–H groups in total. The Morgan fingerprint density at radius 2 is 1.94 bits per heavy atom. The molecule has 0 aliphatic rings. The third-order valence-corrected chi connectivity index (χ3v) is 3.19. The number of hydrogen-bond acceptors (Lipinski definition) is 2. The lowest BCUT2D eigenvalue weighted by Crippen LogP contribution is -2.07. The number of benzene rings is 2. The molecule has 0 spiro atoms. The number of pyridine rings is 1. The second-order valence-electron chi connectivity index (χ2n) is 4.32. The number of nitriles is 1. The highest BCUT2D eigenvalue weighted by Crippen LogP contribution is 2.23. The molecule has 0 amide bonds. The van der Waals surface area contributed by atoms with Crippen LogP contribution < -0.4 is 5.56 Å². The van der Waals surface area contributed by atoms with Crippen LogP contribution in [0, 0.1) is 18.3 Å². The van der Waals surface area contributed by atoms with Crippen LogP contribution in [-0.4, -0.2) is 4.98 Å². The lowest BCUT2D eigenvalue weighted by Gasteiger charge is -2.06. The maximum atomic E-state index is 12.0. The minimum absolute atomic E-state index is 0.149. The second-order valence-corrected chi connectivity index (χ2v) is 4.32. The summed E-state index contributed by atoms with van der Waals surface area (Å²) in [4.78, 5) is 14.9. The van der Waals surface area contributed by atoms with E-state index in [1.165, 1.54) is 0 Å². The van der Waals surface area contributed by atoms with Crippen molar-refractivity contribution in [3.8, 4) is 6.07 Å². The van der Waals surface area contributed by atoms with Gasteiger partial charge in [-0.15, -0.1) is 0 Å². The van der Waals surface area contributed by atoms with Crippen LogP contribution in [0.25, 0.3) is 21.7 Å². The number of aromatic amines is 1. The molecule has 0 saturated carbocycles. The third kappa shape index (κ3) is 1.40. The fourth-order valence-corrected chi connectivity index (χ4v) is 2.28. The Hall–Kier alpha value is -2.60. The molecule has 3 rings (SSSR count). The van der Waals surface area contributed by atoms with E-state index in [-0.39, 0.29) is 5.56 Å². The quantitative estimate of drug-likeness (QED) is 0.608. The smallest absolute Gasteiger partial charge is 0.256 e. The van der Waals surface area contributed by atoms with E-state index < -0.39 is 0 Å². The van der Waals surface area contributed by atoms with Gasteiger partial charge in [0, 0.05) is 10.8 Å². The number of hydrogen-bond donors (Lipinski definition) is 1. The number of nitrogens with one attached hydrogen (secondary N) is 1. The number of fused-ring (bicyclic) bond motifs is 3. The standard InChI is InChI=1S/C15H10N2O/c1-9-3-2-4-12-11-6-5-10(8-16)7-13(11)15(18)17-14(9)12/h2-7H,1H3,(H,17,18). The number of H-pyrrole nitrogens is 1. The first-order valence-electron chi connectivity index (χ1n) is 5.66. The van der Waals surface area contributed by atoms with E-state index in [0.717, 1.165) is 21.9 Å². The molecule has 0 saturated heterocycles. The second kappa shape index (κ2) is 3.71. The van der Waals surface area contributed by atoms with Gasteiger partial charge in [0.05, 0.1) is 17.1 Å². The summed E-state index contributed by atoms with van der Waals surface area (Å²) in [6, 6.07) is 13.2. The number of nitrogens with zero attached hydrogens (tertiary/aromatic N) is 1. The van der Waals surface area contributed by atoms with Gasteiger partial charge in [0.2, 0.25) is 0 Å². The molecule has 1 heterocycles. The maximum absolute atomic E-state index is 12.0. The molecular weight excluding hydrogens is 224 g/mol. The average molecular weight is 234 g/mol. The minimum Gasteiger partial charge on any atom is -0.321 e. The lowest BCUT2D eigenvalue weighted by molar-refractivity contribution is 1.31. The first kappa shape index (κ1) is 10.5. The Labute approximate surface area is 103 Å². The molecule has 0 aliphatic heterocycles. The highest BCUT2D eigenvalue weighted by molar-refractivity contribution is 6.06. The van der Waals surface area contributed by atoms with Crippen LogP contribution >= 0.6 is 0 Å². The van der Waals surface area contributed by atoms with E-state index in [0.29, 0.717) is 10.9 Å². The monoisotopic (exact) mass is 234 g/mol. The van der Waals surface area contributed by atoms with E-state index in [9.17, 15) is 4.79 Å². The van der Waals surface area contributed by atoms with Gasteiger partial charge in [0.25, 0.3) is 5.56 Å². The van der Waals surface area contributed by atoms with E-state index in [4.69, 9.17) is 5.26 Å². The Morgan fingerprint density at radius 1 is 1.11 bits per heavy atom. The molecule has 3 heteroatoms. The van der Waals surface area contributed by atoms with Crippen molar-refractivity contribution in [1.29, 1.82) is 5.26 Å². The van der Waals surface area contributed by atoms with Crippen molar-refractivity contribution in [2.45, 2.75) is 6.92 Å². The molecule has 3 aromatic rings. The van der Waals surface area contributed by atoms with Crippen molar-refractivity contribution in [2.24, 2.45) is 0 Å². The Bertz CT molecular complexity index is 869. The highest BCUT2D eigenvalue weighted by Gasteiger charge is 2.07. The van der Waals surface area contributed by atoms with E-state index in [1.54, 1.807) is 12.1 Å². The van der Waals surface area contributed by atoms with Crippen LogP contribution in [0.1, 0.15) is 11.1 Å². The molecule has 0 atom stereocenters. The van der Waals surface area contributed by atoms with Gasteiger partial charge in [-0.2, -0.15) is 5.26 Å². The summed E-state index contributed by atoms with van der Waals surface area (Å²) in [5.41, 5.74) is 2.25. The Kier molecular flexibility index (Phi) is 2.17. The summed E-state index contributed by atoms with van der Waals surface area (Å²) >= 11 is 0. The predicted molar refractivity (Wildman–Crippen MR) is 71.5 cm³/mol. The summed E-state index contributed by atoms with van der Waals surface area (Å²) in [6.07, 6.45) is 0. The molecule has 0 unspecified atom stereocenters. The van der Waals surface area contributed by atoms with Gasteiger partial charge in [0.1, 0.15) is 0 Å². The van der Waals surface area contributed by atoms with Gasteiger partial charge in [-0.1, -0.05) is 24.3 Å². The molecule has 0 bridgehead atoms. The van der Waals surface area contributed by atoms with Gasteiger partial charge in [0.15, 0.2) is 0 Å². The zero-order valence-corrected chi connectivity index (χ0v) is 9.82. The molecule has 0 aliphatic carbocycles. The summed E-state index contributed by atoms with van der Waals surface area (Å²) in [7, 11) is 0. The number of rotatable bonds is 0. The first-order chi connectivity index (χ1) is 8.70. The minimum atomic E-state index is -0.149. The van der Waals surface area contributed by atoms with Crippen molar-refractivity contribution in [1.82, 2.24) is 4.98 Å². The summed E-state index contributed by atoms with van der Waals surface area (Å²) in [6.45, 7) is 1.97. The number of para-hydroxylation sites is 1. The molecule has 18 heavy (non-hydrogen) atoms. The van der Waals surface area contributed by atoms with Gasteiger partial charge in [-0.25, -0.2) is 0 Å². The highest BCUT2D eigenvalue weighted by atomic mass is 16.1. The van der Waals surface area contributed by atoms with Crippen LogP contribution in [0.4, 0.5) is 0 Å². The fraction of sp³-hybridized carbons (Fsp3) is 0.0667. The van der Waals surface area contributed by atoms with Crippen molar-refractivity contribution in [3.05, 3.63) is 57.9 Å². The zero-order chi connectivity index (χ0) is 12.7. The SMILES string of the molecule is Cc1cccc2c1[nH]c(=O)c1cc(C#N)ccc12. The third-order valence-electron chi connectivity index (χ3n) is 3.19. The average Bonchev–Trinajstić information content (AvgIpc) is 2.40. The largest absolute Gasteiger partial charge is 0.321 e. The number of aromatic nitrogens is 1. The van der Waals surface area contributed by atoms with E-state index >= 15 is 0 Å². The maximum Gasteiger partial charge on any atom is 0.256 e. The van der Waals surface area contributed by atoms with Crippen LogP contribution in [0.2, 0.25) is 0 Å². The fourth-order valence-electron chi connectivity index (χ4n) is 2.28. The van der Waals surface area contributed by atoms with E-state index in [2.05, 4.69) is 11.1 Å². The van der Waals surface area contributed by atoms with Crippen molar-refractivity contribution >= 4 is 21.7 Å². The van der Waals surface area contributed by atoms with Crippen LogP contribution in [0.15, 0.2) is 41.2 Å². The topological polar surface area (TPSA) is 56.6 Å². The normalized spacial score (nSPS) is 10.7. The van der Waals surface area contributed by atoms with Gasteiger partial charge in [-0.3, -0.25) is 4.79 Å². The van der Waals surface area contributed by atoms with Crippen LogP contribution in [-0.2, 0) is 0 Å². The molecule has 0 fully saturated rings. The molecule has 2 aromatic carbocycles. The van der Waals surface area contributed by atoms with Crippen molar-refractivity contribution < 1.29 is 0 Å². The zero-order valence-electron chi connectivity index (χ0n) is 9.82. The lowest BCUT2D eigenvalue weighted by atomic mass is 10.0. The Balaban J connectivity index is 2.60. The molecular formula is C15H10N2O. The van der Waals surface area contributed by atoms with Gasteiger partial charge in [-0.05, 0) is 30.0 Å². The van der Waals surface area contributed by atoms with E-state index in [1.807, 2.05) is 31.2 Å². The summed E-state index contributed by atoms with van der Waals surface area (Å²) < 4.78 is 0. The molecule has 0 radical (unpaired) electrons. The Morgan fingerprint density at radius 3 is 2.72 bits per heavy atom. The van der Waals surface area contributed by atoms with Gasteiger partial charge >= 0.3 is 0 Å². The first-order valence-corrected chi connectivity index (χ1v) is 5.66. The van der Waals surface area contributed by atoms with Gasteiger partial charge < -0.3 is 4.98 Å². The predicted octanol–water partition coefficient (Wildman–Crippen LogP) is 2.86. The van der Waals surface area contributed by atoms with Crippen molar-refractivity contribution in [2.75, 3.05) is 0 Å². The molecule has 1 aromatic heterocycles. The molecule has 86 valence electrons. The van der Waals surface area contributed by atoms with Crippen LogP contribution in [0.3, 0.4) is 0 Å². The summed E-state index contributed by atoms with van der Waals surface area (Å²) in [5, 5.41) is 11.3.